The molecule has 1 aliphatic heterocycles. The van der Waals surface area contributed by atoms with Gasteiger partial charge >= 0.3 is 0 Å². The minimum Gasteiger partial charge on any atom is -0.394 e. The highest BCUT2D eigenvalue weighted by atomic mass is 16.7. The van der Waals surface area contributed by atoms with Gasteiger partial charge in [0, 0.05) is 0 Å². The first-order chi connectivity index (χ1) is 20.8. The number of hydrogen-bond acceptors (Lipinski definition) is 9. The normalized spacial score (nSPS) is 52.0. The van der Waals surface area contributed by atoms with Crippen LogP contribution in [0.5, 0.6) is 0 Å². The zero-order valence-electron chi connectivity index (χ0n) is 28.4. The van der Waals surface area contributed by atoms with E-state index in [1.54, 1.807) is 0 Å². The van der Waals surface area contributed by atoms with E-state index in [2.05, 4.69) is 54.2 Å². The Kier molecular flexibility index (Phi) is 9.62. The van der Waals surface area contributed by atoms with Crippen molar-refractivity contribution in [2.75, 3.05) is 6.61 Å². The van der Waals surface area contributed by atoms with Crippen LogP contribution in [0, 0.1) is 45.3 Å². The smallest absolute Gasteiger partial charge is 0.186 e. The molecular formula is C36H60O9. The van der Waals surface area contributed by atoms with Crippen molar-refractivity contribution in [3.05, 3.63) is 23.8 Å². The highest BCUT2D eigenvalue weighted by Crippen LogP contribution is 2.76. The van der Waals surface area contributed by atoms with Crippen LogP contribution in [0.15, 0.2) is 23.8 Å². The molecule has 5 rings (SSSR count). The molecule has 0 spiro atoms. The molecule has 1 heterocycles. The first-order valence-corrected chi connectivity index (χ1v) is 17.2. The maximum Gasteiger partial charge on any atom is 0.186 e. The van der Waals surface area contributed by atoms with Crippen molar-refractivity contribution in [3.8, 4) is 0 Å². The maximum absolute atomic E-state index is 12.0. The fourth-order valence-electron chi connectivity index (χ4n) is 11.5. The van der Waals surface area contributed by atoms with Crippen molar-refractivity contribution in [1.82, 2.24) is 0 Å². The van der Waals surface area contributed by atoms with Gasteiger partial charge in [-0.2, -0.15) is 0 Å². The van der Waals surface area contributed by atoms with Crippen molar-refractivity contribution in [2.45, 2.75) is 149 Å². The zero-order valence-corrected chi connectivity index (χ0v) is 28.4. The second-order valence-corrected chi connectivity index (χ2v) is 16.8. The first kappa shape index (κ1) is 35.4. The average Bonchev–Trinajstić information content (AvgIpc) is 3.35. The van der Waals surface area contributed by atoms with Gasteiger partial charge in [0.15, 0.2) is 6.29 Å². The summed E-state index contributed by atoms with van der Waals surface area (Å²) in [4.78, 5) is 0. The molecule has 0 amide bonds. The van der Waals surface area contributed by atoms with Gasteiger partial charge in [-0.1, -0.05) is 58.4 Å². The van der Waals surface area contributed by atoms with Gasteiger partial charge in [-0.15, -0.1) is 0 Å². The van der Waals surface area contributed by atoms with E-state index in [4.69, 9.17) is 9.47 Å². The van der Waals surface area contributed by atoms with E-state index in [9.17, 15) is 35.7 Å². The van der Waals surface area contributed by atoms with E-state index in [-0.39, 0.29) is 39.9 Å². The van der Waals surface area contributed by atoms with E-state index >= 15 is 0 Å². The van der Waals surface area contributed by atoms with E-state index in [1.165, 1.54) is 5.57 Å². The summed E-state index contributed by atoms with van der Waals surface area (Å²) in [6.07, 6.45) is -1.78. The Morgan fingerprint density at radius 3 is 2.24 bits per heavy atom. The molecule has 5 aliphatic rings. The Bertz CT molecular complexity index is 1140. The molecule has 16 atom stereocenters. The van der Waals surface area contributed by atoms with Gasteiger partial charge < -0.3 is 45.2 Å². The fourth-order valence-corrected chi connectivity index (χ4v) is 11.5. The predicted octanol–water partition coefficient (Wildman–Crippen LogP) is 3.07. The van der Waals surface area contributed by atoms with Crippen molar-refractivity contribution in [1.29, 1.82) is 0 Å². The van der Waals surface area contributed by atoms with Crippen LogP contribution < -0.4 is 0 Å². The summed E-state index contributed by atoms with van der Waals surface area (Å²) < 4.78 is 12.6. The molecule has 1 saturated heterocycles. The van der Waals surface area contributed by atoms with Crippen LogP contribution in [-0.2, 0) is 9.47 Å². The van der Waals surface area contributed by atoms with Crippen LogP contribution in [-0.4, -0.2) is 97.5 Å². The van der Waals surface area contributed by atoms with Gasteiger partial charge in [0.1, 0.15) is 24.4 Å². The average molecular weight is 637 g/mol. The lowest BCUT2D eigenvalue weighted by molar-refractivity contribution is -0.346. The molecule has 9 nitrogen and oxygen atoms in total. The second kappa shape index (κ2) is 12.2. The Morgan fingerprint density at radius 1 is 0.956 bits per heavy atom. The number of rotatable bonds is 7. The Morgan fingerprint density at radius 2 is 1.62 bits per heavy atom. The highest BCUT2D eigenvalue weighted by Gasteiger charge is 2.72. The lowest BCUT2D eigenvalue weighted by atomic mass is 9.34. The number of allylic oxidation sites excluding steroid dienone is 1. The lowest BCUT2D eigenvalue weighted by Gasteiger charge is -2.72. The quantitative estimate of drug-likeness (QED) is 0.165. The standard InChI is InChI=1S/C36H60O9/c1-18(2)21(38)10-9-19(3)20-11-14-35(7)27(20)22(39)15-25-34(6)13-12-26(40)33(4,5)31(34)23(16-36(25,35)8)44-32-30(43)29(42)28(41)24(17-37)45-32/h9,20-32,37-43H,1,10-17H2,2-8H3/b19-9-/t20-,21-,22-,23+,24-,25-,26+,27-,28-,29+,30-,31+,32-,34-,35-,36-/m1/s1. The third kappa shape index (κ3) is 5.41. The number of hydrogen-bond donors (Lipinski definition) is 7. The van der Waals surface area contributed by atoms with Gasteiger partial charge in [0.25, 0.3) is 0 Å². The summed E-state index contributed by atoms with van der Waals surface area (Å²) in [5.41, 5.74) is 0.564. The summed E-state index contributed by atoms with van der Waals surface area (Å²) in [5, 5.41) is 75.6. The SMILES string of the molecule is C=C(C)[C@H](O)C/C=C(/C)[C@H]1CC[C@]2(C)[C@H]1[C@H](O)C[C@@H]1[C@@]3(C)CC[C@H](O)C(C)(C)[C@@H]3[C@@H](O[C@@H]3O[C@H](CO)[C@@H](O)[C@H](O)[C@H]3O)C[C@]12C. The van der Waals surface area contributed by atoms with Crippen molar-refractivity contribution in [2.24, 2.45) is 45.3 Å². The number of fused-ring (bicyclic) bond motifs is 5. The molecule has 5 fully saturated rings. The number of aliphatic hydroxyl groups excluding tert-OH is 7. The molecule has 258 valence electrons. The number of aliphatic hydroxyl groups is 7. The van der Waals surface area contributed by atoms with E-state index in [0.717, 1.165) is 24.8 Å². The highest BCUT2D eigenvalue weighted by molar-refractivity contribution is 5.24. The van der Waals surface area contributed by atoms with Crippen LogP contribution in [0.3, 0.4) is 0 Å². The van der Waals surface area contributed by atoms with Crippen LogP contribution in [0.25, 0.3) is 0 Å². The molecule has 0 aromatic carbocycles. The molecule has 7 N–H and O–H groups in total. The summed E-state index contributed by atoms with van der Waals surface area (Å²) in [6, 6.07) is 0. The Labute approximate surface area is 269 Å². The molecule has 0 aromatic rings. The van der Waals surface area contributed by atoms with E-state index < -0.39 is 67.1 Å². The molecular weight excluding hydrogens is 576 g/mol. The van der Waals surface area contributed by atoms with Gasteiger partial charge in [-0.3, -0.25) is 0 Å². The summed E-state index contributed by atoms with van der Waals surface area (Å²) in [5.74, 6) is 0.210. The largest absolute Gasteiger partial charge is 0.394 e. The first-order valence-electron chi connectivity index (χ1n) is 17.2. The molecule has 0 unspecified atom stereocenters. The van der Waals surface area contributed by atoms with Gasteiger partial charge in [-0.25, -0.2) is 0 Å². The van der Waals surface area contributed by atoms with E-state index in [1.807, 2.05) is 6.92 Å². The molecule has 45 heavy (non-hydrogen) atoms. The summed E-state index contributed by atoms with van der Waals surface area (Å²) >= 11 is 0. The third-order valence-electron chi connectivity index (χ3n) is 14.2. The summed E-state index contributed by atoms with van der Waals surface area (Å²) in [7, 11) is 0. The van der Waals surface area contributed by atoms with Crippen LogP contribution in [0.1, 0.15) is 93.4 Å². The minimum absolute atomic E-state index is 0.0206. The second-order valence-electron chi connectivity index (χ2n) is 16.8. The predicted molar refractivity (Wildman–Crippen MR) is 170 cm³/mol. The fraction of sp³-hybridized carbons (Fsp3) is 0.889. The molecule has 9 heteroatoms. The molecule has 0 bridgehead atoms. The maximum atomic E-state index is 12.0. The van der Waals surface area contributed by atoms with E-state index in [0.29, 0.717) is 25.7 Å². The van der Waals surface area contributed by atoms with Crippen LogP contribution >= 0.6 is 0 Å². The van der Waals surface area contributed by atoms with Crippen LogP contribution in [0.2, 0.25) is 0 Å². The van der Waals surface area contributed by atoms with Crippen molar-refractivity contribution in [3.63, 3.8) is 0 Å². The lowest BCUT2D eigenvalue weighted by Crippen LogP contribution is -2.70. The monoisotopic (exact) mass is 636 g/mol. The topological polar surface area (TPSA) is 160 Å². The molecule has 0 radical (unpaired) electrons. The Hall–Kier alpha value is -0.880. The third-order valence-corrected chi connectivity index (χ3v) is 14.2. The summed E-state index contributed by atoms with van der Waals surface area (Å²) in [6.45, 7) is 18.4. The van der Waals surface area contributed by atoms with Crippen molar-refractivity contribution < 1.29 is 45.2 Å². The zero-order chi connectivity index (χ0) is 33.4. The number of ether oxygens (including phenoxy) is 2. The minimum atomic E-state index is -1.54. The van der Waals surface area contributed by atoms with Gasteiger partial charge in [-0.05, 0) is 104 Å². The molecule has 4 saturated carbocycles. The van der Waals surface area contributed by atoms with Gasteiger partial charge in [0.05, 0.1) is 31.0 Å². The van der Waals surface area contributed by atoms with Gasteiger partial charge in [0.2, 0.25) is 0 Å². The molecule has 4 aliphatic carbocycles. The molecule has 0 aromatic heterocycles. The van der Waals surface area contributed by atoms with Crippen molar-refractivity contribution >= 4 is 0 Å². The van der Waals surface area contributed by atoms with Crippen LogP contribution in [0.4, 0.5) is 0 Å². The Balaban J connectivity index is 1.54.